The molecule has 33 heavy (non-hydrogen) atoms. The molecule has 0 aliphatic rings. The van der Waals surface area contributed by atoms with Crippen LogP contribution in [0.5, 0.6) is 0 Å². The van der Waals surface area contributed by atoms with Gasteiger partial charge in [-0.2, -0.15) is 0 Å². The van der Waals surface area contributed by atoms with Crippen LogP contribution in [0.2, 0.25) is 5.02 Å². The van der Waals surface area contributed by atoms with Crippen LogP contribution in [0.15, 0.2) is 88.7 Å². The summed E-state index contributed by atoms with van der Waals surface area (Å²) in [6.07, 6.45) is 0.895. The first-order chi connectivity index (χ1) is 16.1. The molecule has 0 aliphatic heterocycles. The molecular weight excluding hydrogens is 450 g/mol. The summed E-state index contributed by atoms with van der Waals surface area (Å²) in [5.74, 6) is -0.0752. The molecule has 1 amide bonds. The van der Waals surface area contributed by atoms with Crippen molar-refractivity contribution in [2.24, 2.45) is 0 Å². The van der Waals surface area contributed by atoms with E-state index in [1.54, 1.807) is 11.8 Å². The fraction of sp³-hybridized carbons (Fsp3) is 0.222. The average Bonchev–Trinajstić information content (AvgIpc) is 3.21. The van der Waals surface area contributed by atoms with Gasteiger partial charge in [0.15, 0.2) is 0 Å². The molecule has 1 aromatic heterocycles. The van der Waals surface area contributed by atoms with Gasteiger partial charge < -0.3 is 10.3 Å². The molecule has 1 heterocycles. The summed E-state index contributed by atoms with van der Waals surface area (Å²) in [6, 6.07) is 26.2. The lowest BCUT2D eigenvalue weighted by Gasteiger charge is -2.20. The largest absolute Gasteiger partial charge is 0.351 e. The monoisotopic (exact) mass is 477 g/mol. The van der Waals surface area contributed by atoms with E-state index in [2.05, 4.69) is 46.4 Å². The van der Waals surface area contributed by atoms with E-state index >= 15 is 0 Å². The molecule has 0 aliphatic carbocycles. The van der Waals surface area contributed by atoms with Crippen molar-refractivity contribution < 1.29 is 4.79 Å². The maximum absolute atomic E-state index is 13.1. The third-order valence-corrected chi connectivity index (χ3v) is 6.94. The van der Waals surface area contributed by atoms with Crippen molar-refractivity contribution in [1.29, 1.82) is 0 Å². The molecule has 6 heteroatoms. The molecule has 0 fully saturated rings. The van der Waals surface area contributed by atoms with Crippen molar-refractivity contribution in [3.05, 3.63) is 95.1 Å². The number of nitrogens with zero attached hydrogens (tertiary/aromatic N) is 1. The van der Waals surface area contributed by atoms with Crippen molar-refractivity contribution in [2.45, 2.75) is 29.7 Å². The maximum Gasteiger partial charge on any atom is 0.268 e. The number of rotatable bonds is 10. The van der Waals surface area contributed by atoms with E-state index in [1.807, 2.05) is 54.6 Å². The second kappa shape index (κ2) is 11.4. The van der Waals surface area contributed by atoms with Gasteiger partial charge >= 0.3 is 0 Å². The zero-order valence-electron chi connectivity index (χ0n) is 18.7. The number of aromatic nitrogens is 1. The van der Waals surface area contributed by atoms with Gasteiger partial charge in [-0.25, -0.2) is 0 Å². The summed E-state index contributed by atoms with van der Waals surface area (Å²) in [4.78, 5) is 20.8. The highest BCUT2D eigenvalue weighted by atomic mass is 35.5. The molecule has 4 rings (SSSR count). The maximum atomic E-state index is 13.1. The minimum atomic E-state index is -0.0752. The van der Waals surface area contributed by atoms with Crippen LogP contribution < -0.4 is 5.32 Å². The molecule has 0 atom stereocenters. The van der Waals surface area contributed by atoms with Gasteiger partial charge in [0, 0.05) is 40.5 Å². The highest BCUT2D eigenvalue weighted by molar-refractivity contribution is 7.99. The molecule has 170 valence electrons. The van der Waals surface area contributed by atoms with E-state index in [1.165, 1.54) is 5.56 Å². The molecule has 0 radical (unpaired) electrons. The zero-order chi connectivity index (χ0) is 23.0. The summed E-state index contributed by atoms with van der Waals surface area (Å²) in [5, 5.41) is 4.85. The van der Waals surface area contributed by atoms with Crippen LogP contribution in [0.3, 0.4) is 0 Å². The summed E-state index contributed by atoms with van der Waals surface area (Å²) >= 11 is 7.61. The van der Waals surface area contributed by atoms with Crippen LogP contribution in [0.1, 0.15) is 29.4 Å². The lowest BCUT2D eigenvalue weighted by atomic mass is 10.2. The number of para-hydroxylation sites is 1. The Hall–Kier alpha value is -2.73. The van der Waals surface area contributed by atoms with Crippen molar-refractivity contribution in [2.75, 3.05) is 19.6 Å². The number of carbonyl (C=O) groups is 1. The molecule has 4 aromatic rings. The topological polar surface area (TPSA) is 48.1 Å². The van der Waals surface area contributed by atoms with E-state index in [0.717, 1.165) is 46.7 Å². The summed E-state index contributed by atoms with van der Waals surface area (Å²) < 4.78 is 0. The normalized spacial score (nSPS) is 11.2. The lowest BCUT2D eigenvalue weighted by Crippen LogP contribution is -2.30. The Morgan fingerprint density at radius 3 is 2.48 bits per heavy atom. The second-order valence-electron chi connectivity index (χ2n) is 7.89. The number of H-pyrrole nitrogens is 1. The smallest absolute Gasteiger partial charge is 0.268 e. The standard InChI is InChI=1S/C27H28ClN3OS/c1-2-31(19-20-9-4-3-5-10-20)18-8-17-29-27(32)25-26(23-11-6-7-12-24(23)30-25)33-22-15-13-21(28)14-16-22/h3-7,9-16,30H,2,8,17-19H2,1H3,(H,29,32). The van der Waals surface area contributed by atoms with E-state index in [4.69, 9.17) is 11.6 Å². The van der Waals surface area contributed by atoms with Crippen molar-refractivity contribution in [3.8, 4) is 0 Å². The lowest BCUT2D eigenvalue weighted by molar-refractivity contribution is 0.0944. The summed E-state index contributed by atoms with van der Waals surface area (Å²) in [7, 11) is 0. The van der Waals surface area contributed by atoms with Gasteiger partial charge in [-0.1, -0.05) is 78.8 Å². The number of benzene rings is 3. The Balaban J connectivity index is 1.39. The van der Waals surface area contributed by atoms with Gasteiger partial charge in [0.05, 0.1) is 4.90 Å². The average molecular weight is 478 g/mol. The first-order valence-corrected chi connectivity index (χ1v) is 12.4. The first-order valence-electron chi connectivity index (χ1n) is 11.2. The third-order valence-electron chi connectivity index (χ3n) is 5.55. The fourth-order valence-corrected chi connectivity index (χ4v) is 4.95. The van der Waals surface area contributed by atoms with Crippen LogP contribution in [-0.2, 0) is 6.54 Å². The number of aromatic amines is 1. The molecule has 3 aromatic carbocycles. The van der Waals surface area contributed by atoms with Gasteiger partial charge in [0.2, 0.25) is 0 Å². The number of carbonyl (C=O) groups excluding carboxylic acids is 1. The van der Waals surface area contributed by atoms with Crippen LogP contribution in [0.25, 0.3) is 10.9 Å². The number of halogens is 1. The predicted molar refractivity (Wildman–Crippen MR) is 138 cm³/mol. The van der Waals surface area contributed by atoms with Gasteiger partial charge in [-0.3, -0.25) is 9.69 Å². The van der Waals surface area contributed by atoms with Gasteiger partial charge in [0.1, 0.15) is 5.69 Å². The Labute approximate surface area is 204 Å². The molecule has 0 unspecified atom stereocenters. The third kappa shape index (κ3) is 6.20. The van der Waals surface area contributed by atoms with Crippen LogP contribution >= 0.6 is 23.4 Å². The summed E-state index contributed by atoms with van der Waals surface area (Å²) in [5.41, 5.74) is 2.87. The quantitative estimate of drug-likeness (QED) is 0.252. The molecule has 0 bridgehead atoms. The van der Waals surface area contributed by atoms with Crippen molar-refractivity contribution >= 4 is 40.2 Å². The molecular formula is C27H28ClN3OS. The van der Waals surface area contributed by atoms with Crippen LogP contribution in [0.4, 0.5) is 0 Å². The van der Waals surface area contributed by atoms with E-state index in [9.17, 15) is 4.79 Å². The van der Waals surface area contributed by atoms with Gasteiger partial charge in [-0.15, -0.1) is 0 Å². The number of nitrogens with one attached hydrogen (secondary N) is 2. The van der Waals surface area contributed by atoms with Crippen molar-refractivity contribution in [3.63, 3.8) is 0 Å². The molecule has 4 nitrogen and oxygen atoms in total. The van der Waals surface area contributed by atoms with E-state index in [-0.39, 0.29) is 5.91 Å². The zero-order valence-corrected chi connectivity index (χ0v) is 20.3. The number of hydrogen-bond acceptors (Lipinski definition) is 3. The van der Waals surface area contributed by atoms with E-state index < -0.39 is 0 Å². The van der Waals surface area contributed by atoms with Gasteiger partial charge in [-0.05, 0) is 48.9 Å². The SMILES string of the molecule is CCN(CCCNC(=O)c1[nH]c2ccccc2c1Sc1ccc(Cl)cc1)Cc1ccccc1. The van der Waals surface area contributed by atoms with E-state index in [0.29, 0.717) is 17.3 Å². The van der Waals surface area contributed by atoms with Crippen LogP contribution in [0, 0.1) is 0 Å². The van der Waals surface area contributed by atoms with Crippen molar-refractivity contribution in [1.82, 2.24) is 15.2 Å². The molecule has 0 saturated heterocycles. The Morgan fingerprint density at radius 1 is 1.00 bits per heavy atom. The van der Waals surface area contributed by atoms with Gasteiger partial charge in [0.25, 0.3) is 5.91 Å². The Kier molecular flexibility index (Phi) is 8.10. The molecule has 0 saturated carbocycles. The van der Waals surface area contributed by atoms with Crippen LogP contribution in [-0.4, -0.2) is 35.4 Å². The molecule has 0 spiro atoms. The summed E-state index contributed by atoms with van der Waals surface area (Å²) in [6.45, 7) is 5.64. The predicted octanol–water partition coefficient (Wildman–Crippen LogP) is 6.61. The number of hydrogen-bond donors (Lipinski definition) is 2. The minimum Gasteiger partial charge on any atom is -0.351 e. The minimum absolute atomic E-state index is 0.0752. The number of fused-ring (bicyclic) bond motifs is 1. The number of amides is 1. The Morgan fingerprint density at radius 2 is 1.73 bits per heavy atom. The fourth-order valence-electron chi connectivity index (χ4n) is 3.79. The Bertz CT molecular complexity index is 1190. The molecule has 2 N–H and O–H groups in total. The first kappa shape index (κ1) is 23.4. The highest BCUT2D eigenvalue weighted by Crippen LogP contribution is 2.37. The second-order valence-corrected chi connectivity index (χ2v) is 9.41. The highest BCUT2D eigenvalue weighted by Gasteiger charge is 2.18.